The molecule has 0 spiro atoms. The molecule has 0 aliphatic heterocycles. The summed E-state index contributed by atoms with van der Waals surface area (Å²) in [7, 11) is 0. The van der Waals surface area contributed by atoms with E-state index in [9.17, 15) is 22.4 Å². The summed E-state index contributed by atoms with van der Waals surface area (Å²) in [6.07, 6.45) is -4.51. The lowest BCUT2D eigenvalue weighted by Gasteiger charge is -2.11. The monoisotopic (exact) mass is 347 g/mol. The maximum Gasteiger partial charge on any atom is 0.416 e. The fraction of sp³-hybridized carbons (Fsp3) is 0.133. The van der Waals surface area contributed by atoms with Gasteiger partial charge in [0.05, 0.1) is 11.3 Å². The van der Waals surface area contributed by atoms with Crippen molar-refractivity contribution in [2.24, 2.45) is 0 Å². The Balaban J connectivity index is 1.98. The number of carbonyl (C=O) groups excluding carboxylic acids is 1. The average molecular weight is 348 g/mol. The van der Waals surface area contributed by atoms with Gasteiger partial charge in [0.25, 0.3) is 5.91 Å². The Morgan fingerprint density at radius 1 is 1.17 bits per heavy atom. The number of anilines is 1. The Kier molecular flexibility index (Phi) is 5.10. The van der Waals surface area contributed by atoms with Crippen LogP contribution >= 0.6 is 11.6 Å². The highest BCUT2D eigenvalue weighted by Gasteiger charge is 2.30. The van der Waals surface area contributed by atoms with Crippen LogP contribution in [0.1, 0.15) is 5.56 Å². The molecule has 0 bridgehead atoms. The summed E-state index contributed by atoms with van der Waals surface area (Å²) in [4.78, 5) is 11.7. The lowest BCUT2D eigenvalue weighted by atomic mass is 10.2. The molecule has 8 heteroatoms. The minimum atomic E-state index is -4.51. The van der Waals surface area contributed by atoms with Gasteiger partial charge in [-0.15, -0.1) is 0 Å². The first-order chi connectivity index (χ1) is 10.8. The molecule has 0 aliphatic rings. The Morgan fingerprint density at radius 3 is 2.61 bits per heavy atom. The summed E-state index contributed by atoms with van der Waals surface area (Å²) in [5, 5.41) is 2.44. The van der Waals surface area contributed by atoms with Crippen LogP contribution in [-0.2, 0) is 11.0 Å². The second-order valence-corrected chi connectivity index (χ2v) is 4.92. The van der Waals surface area contributed by atoms with E-state index in [-0.39, 0.29) is 16.5 Å². The van der Waals surface area contributed by atoms with Gasteiger partial charge in [0.15, 0.2) is 6.61 Å². The summed E-state index contributed by atoms with van der Waals surface area (Å²) < 4.78 is 56.1. The van der Waals surface area contributed by atoms with Crippen molar-refractivity contribution in [3.63, 3.8) is 0 Å². The van der Waals surface area contributed by atoms with Crippen molar-refractivity contribution >= 4 is 23.2 Å². The maximum atomic E-state index is 13.4. The molecule has 0 radical (unpaired) electrons. The zero-order chi connectivity index (χ0) is 17.0. The second kappa shape index (κ2) is 6.87. The van der Waals surface area contributed by atoms with Crippen LogP contribution in [0.3, 0.4) is 0 Å². The second-order valence-electron chi connectivity index (χ2n) is 4.49. The number of benzene rings is 2. The van der Waals surface area contributed by atoms with E-state index in [0.29, 0.717) is 0 Å². The molecule has 0 aromatic heterocycles. The molecule has 0 unspecified atom stereocenters. The van der Waals surface area contributed by atoms with E-state index in [4.69, 9.17) is 16.3 Å². The van der Waals surface area contributed by atoms with Gasteiger partial charge in [0.2, 0.25) is 0 Å². The standard InChI is InChI=1S/C15H10ClF4NO2/c16-10-4-5-12(17)13(7-10)21-14(22)8-23-11-3-1-2-9(6-11)15(18,19)20/h1-7H,8H2,(H,21,22). The molecule has 3 nitrogen and oxygen atoms in total. The first-order valence-electron chi connectivity index (χ1n) is 6.30. The van der Waals surface area contributed by atoms with Crippen LogP contribution in [0.15, 0.2) is 42.5 Å². The zero-order valence-corrected chi connectivity index (χ0v) is 12.2. The van der Waals surface area contributed by atoms with Gasteiger partial charge in [0, 0.05) is 5.02 Å². The van der Waals surface area contributed by atoms with Crippen molar-refractivity contribution in [2.75, 3.05) is 11.9 Å². The largest absolute Gasteiger partial charge is 0.484 e. The van der Waals surface area contributed by atoms with Crippen molar-refractivity contribution in [3.05, 3.63) is 58.9 Å². The third kappa shape index (κ3) is 4.85. The van der Waals surface area contributed by atoms with Gasteiger partial charge >= 0.3 is 6.18 Å². The number of ether oxygens (including phenoxy) is 1. The minimum absolute atomic E-state index is 0.124. The first-order valence-corrected chi connectivity index (χ1v) is 6.68. The summed E-state index contributed by atoms with van der Waals surface area (Å²) in [5.74, 6) is -1.55. The third-order valence-electron chi connectivity index (χ3n) is 2.73. The van der Waals surface area contributed by atoms with E-state index >= 15 is 0 Å². The van der Waals surface area contributed by atoms with Crippen molar-refractivity contribution in [3.8, 4) is 5.75 Å². The molecule has 1 N–H and O–H groups in total. The van der Waals surface area contributed by atoms with Crippen LogP contribution in [0, 0.1) is 5.82 Å². The van der Waals surface area contributed by atoms with Crippen LogP contribution in [-0.4, -0.2) is 12.5 Å². The fourth-order valence-corrected chi connectivity index (χ4v) is 1.86. The van der Waals surface area contributed by atoms with E-state index < -0.39 is 30.1 Å². The predicted octanol–water partition coefficient (Wildman–Crippen LogP) is 4.52. The third-order valence-corrected chi connectivity index (χ3v) is 2.97. The lowest BCUT2D eigenvalue weighted by Crippen LogP contribution is -2.21. The van der Waals surface area contributed by atoms with E-state index in [1.807, 2.05) is 0 Å². The SMILES string of the molecule is O=C(COc1cccc(C(F)(F)F)c1)Nc1cc(Cl)ccc1F. The Bertz CT molecular complexity index is 719. The normalized spacial score (nSPS) is 11.2. The molecule has 0 saturated heterocycles. The molecule has 122 valence electrons. The number of alkyl halides is 3. The highest BCUT2D eigenvalue weighted by atomic mass is 35.5. The fourth-order valence-electron chi connectivity index (χ4n) is 1.69. The molecule has 0 atom stereocenters. The van der Waals surface area contributed by atoms with E-state index in [1.165, 1.54) is 18.2 Å². The van der Waals surface area contributed by atoms with E-state index in [2.05, 4.69) is 5.32 Å². The van der Waals surface area contributed by atoms with Crippen LogP contribution in [0.4, 0.5) is 23.2 Å². The maximum absolute atomic E-state index is 13.4. The predicted molar refractivity (Wildman–Crippen MR) is 77.0 cm³/mol. The summed E-state index contributed by atoms with van der Waals surface area (Å²) in [6.45, 7) is -0.576. The number of nitrogens with one attached hydrogen (secondary N) is 1. The van der Waals surface area contributed by atoms with Gasteiger partial charge in [-0.05, 0) is 36.4 Å². The van der Waals surface area contributed by atoms with Crippen molar-refractivity contribution in [2.45, 2.75) is 6.18 Å². The molecule has 0 heterocycles. The van der Waals surface area contributed by atoms with Gasteiger partial charge in [0.1, 0.15) is 11.6 Å². The number of amides is 1. The smallest absolute Gasteiger partial charge is 0.416 e. The highest BCUT2D eigenvalue weighted by molar-refractivity contribution is 6.30. The average Bonchev–Trinajstić information content (AvgIpc) is 2.48. The van der Waals surface area contributed by atoms with E-state index in [0.717, 1.165) is 24.3 Å². The van der Waals surface area contributed by atoms with Crippen LogP contribution in [0.5, 0.6) is 5.75 Å². The molecule has 0 saturated carbocycles. The summed E-state index contributed by atoms with van der Waals surface area (Å²) >= 11 is 5.68. The Labute approximate surface area is 133 Å². The Hall–Kier alpha value is -2.28. The molecule has 2 aromatic carbocycles. The molecular formula is C15H10ClF4NO2. The highest BCUT2D eigenvalue weighted by Crippen LogP contribution is 2.31. The van der Waals surface area contributed by atoms with Crippen LogP contribution < -0.4 is 10.1 Å². The number of carbonyl (C=O) groups is 1. The molecule has 2 rings (SSSR count). The van der Waals surface area contributed by atoms with Crippen molar-refractivity contribution < 1.29 is 27.1 Å². The van der Waals surface area contributed by atoms with Crippen molar-refractivity contribution in [1.29, 1.82) is 0 Å². The quantitative estimate of drug-likeness (QED) is 0.826. The molecular weight excluding hydrogens is 338 g/mol. The molecule has 0 fully saturated rings. The minimum Gasteiger partial charge on any atom is -0.484 e. The van der Waals surface area contributed by atoms with Gasteiger partial charge in [-0.25, -0.2) is 4.39 Å². The van der Waals surface area contributed by atoms with E-state index in [1.54, 1.807) is 0 Å². The Morgan fingerprint density at radius 2 is 1.91 bits per heavy atom. The molecule has 2 aromatic rings. The molecule has 23 heavy (non-hydrogen) atoms. The topological polar surface area (TPSA) is 38.3 Å². The van der Waals surface area contributed by atoms with Crippen molar-refractivity contribution in [1.82, 2.24) is 0 Å². The number of halogens is 5. The van der Waals surface area contributed by atoms with Gasteiger partial charge in [-0.2, -0.15) is 13.2 Å². The van der Waals surface area contributed by atoms with Crippen LogP contribution in [0.25, 0.3) is 0 Å². The molecule has 0 aliphatic carbocycles. The lowest BCUT2D eigenvalue weighted by molar-refractivity contribution is -0.137. The first kappa shape index (κ1) is 17.1. The number of rotatable bonds is 4. The van der Waals surface area contributed by atoms with Gasteiger partial charge in [-0.1, -0.05) is 17.7 Å². The number of hydrogen-bond donors (Lipinski definition) is 1. The summed E-state index contributed by atoms with van der Waals surface area (Å²) in [5.41, 5.74) is -1.04. The van der Waals surface area contributed by atoms with Crippen LogP contribution in [0.2, 0.25) is 5.02 Å². The molecule has 1 amide bonds. The summed E-state index contributed by atoms with van der Waals surface area (Å²) in [6, 6.07) is 7.69. The van der Waals surface area contributed by atoms with Gasteiger partial charge < -0.3 is 10.1 Å². The zero-order valence-electron chi connectivity index (χ0n) is 11.5. The number of hydrogen-bond acceptors (Lipinski definition) is 2. The van der Waals surface area contributed by atoms with Gasteiger partial charge in [-0.3, -0.25) is 4.79 Å².